The number of esters is 2. The van der Waals surface area contributed by atoms with E-state index < -0.39 is 0 Å². The molecule has 1 spiro atoms. The summed E-state index contributed by atoms with van der Waals surface area (Å²) < 4.78 is 10.8. The molecule has 20 heavy (non-hydrogen) atoms. The van der Waals surface area contributed by atoms with Crippen LogP contribution in [0.4, 0.5) is 0 Å². The Bertz CT molecular complexity index is 408. The summed E-state index contributed by atoms with van der Waals surface area (Å²) >= 11 is 0. The highest BCUT2D eigenvalue weighted by Crippen LogP contribution is 2.62. The second-order valence-electron chi connectivity index (χ2n) is 6.73. The molecule has 5 heteroatoms. The van der Waals surface area contributed by atoms with E-state index in [9.17, 15) is 9.59 Å². The van der Waals surface area contributed by atoms with Gasteiger partial charge in [0, 0.05) is 19.9 Å². The summed E-state index contributed by atoms with van der Waals surface area (Å²) in [4.78, 5) is 22.6. The lowest BCUT2D eigenvalue weighted by Crippen LogP contribution is -2.45. The summed E-state index contributed by atoms with van der Waals surface area (Å²) in [5, 5.41) is 0. The molecule has 0 amide bonds. The SMILES string of the molecule is CC(=O)O[C@@H]1CC2(C[C@H]1OC(C)=O)C1CCC(C1)[C@@H]2N. The molecule has 3 aliphatic carbocycles. The monoisotopic (exact) mass is 281 g/mol. The van der Waals surface area contributed by atoms with Crippen molar-refractivity contribution in [3.63, 3.8) is 0 Å². The molecule has 0 aliphatic heterocycles. The van der Waals surface area contributed by atoms with Crippen molar-refractivity contribution in [1.29, 1.82) is 0 Å². The number of carbonyl (C=O) groups is 2. The first-order chi connectivity index (χ1) is 9.42. The van der Waals surface area contributed by atoms with Crippen molar-refractivity contribution in [2.75, 3.05) is 0 Å². The maximum absolute atomic E-state index is 11.3. The highest BCUT2D eigenvalue weighted by molar-refractivity contribution is 5.67. The highest BCUT2D eigenvalue weighted by atomic mass is 16.6. The molecule has 2 N–H and O–H groups in total. The van der Waals surface area contributed by atoms with Gasteiger partial charge in [0.25, 0.3) is 0 Å². The minimum atomic E-state index is -0.332. The quantitative estimate of drug-likeness (QED) is 0.774. The zero-order chi connectivity index (χ0) is 14.5. The molecule has 3 aliphatic rings. The lowest BCUT2D eigenvalue weighted by molar-refractivity contribution is -0.162. The van der Waals surface area contributed by atoms with Gasteiger partial charge in [-0.15, -0.1) is 0 Å². The number of rotatable bonds is 2. The normalized spacial score (nSPS) is 41.0. The van der Waals surface area contributed by atoms with Gasteiger partial charge in [0.2, 0.25) is 0 Å². The van der Waals surface area contributed by atoms with E-state index in [0.717, 1.165) is 12.8 Å². The topological polar surface area (TPSA) is 78.6 Å². The number of hydrogen-bond donors (Lipinski definition) is 1. The third-order valence-corrected chi connectivity index (χ3v) is 5.67. The summed E-state index contributed by atoms with van der Waals surface area (Å²) in [5.74, 6) is 0.553. The Kier molecular flexibility index (Phi) is 3.27. The average molecular weight is 281 g/mol. The van der Waals surface area contributed by atoms with Crippen LogP contribution in [0.3, 0.4) is 0 Å². The van der Waals surface area contributed by atoms with Gasteiger partial charge < -0.3 is 15.2 Å². The van der Waals surface area contributed by atoms with Crippen LogP contribution in [0.2, 0.25) is 0 Å². The third kappa shape index (κ3) is 2.03. The van der Waals surface area contributed by atoms with Crippen LogP contribution in [0, 0.1) is 17.3 Å². The molecular weight excluding hydrogens is 258 g/mol. The van der Waals surface area contributed by atoms with Crippen LogP contribution < -0.4 is 5.73 Å². The van der Waals surface area contributed by atoms with Crippen LogP contribution in [0.15, 0.2) is 0 Å². The fraction of sp³-hybridized carbons (Fsp3) is 0.867. The Morgan fingerprint density at radius 1 is 1.05 bits per heavy atom. The van der Waals surface area contributed by atoms with Crippen molar-refractivity contribution in [3.8, 4) is 0 Å². The van der Waals surface area contributed by atoms with Crippen LogP contribution in [-0.4, -0.2) is 30.2 Å². The summed E-state index contributed by atoms with van der Waals surface area (Å²) in [6.45, 7) is 2.80. The van der Waals surface area contributed by atoms with Crippen LogP contribution in [0.25, 0.3) is 0 Å². The number of ether oxygens (including phenoxy) is 2. The maximum atomic E-state index is 11.3. The van der Waals surface area contributed by atoms with Crippen LogP contribution in [-0.2, 0) is 19.1 Å². The standard InChI is InChI=1S/C15H23NO4/c1-8(17)19-12-6-15(7-13(12)20-9(2)18)11-4-3-10(5-11)14(15)16/h10-14H,3-7,16H2,1-2H3/t10?,11?,12-,13-,14+/m1/s1. The molecule has 0 radical (unpaired) electrons. The molecule has 5 atom stereocenters. The van der Waals surface area contributed by atoms with Crippen molar-refractivity contribution in [2.45, 2.75) is 64.2 Å². The van der Waals surface area contributed by atoms with Gasteiger partial charge in [0.05, 0.1) is 0 Å². The summed E-state index contributed by atoms with van der Waals surface area (Å²) in [6, 6.07) is 0.153. The third-order valence-electron chi connectivity index (χ3n) is 5.67. The molecule has 3 rings (SSSR count). The van der Waals surface area contributed by atoms with Gasteiger partial charge in [0.15, 0.2) is 0 Å². The molecule has 3 fully saturated rings. The molecule has 112 valence electrons. The predicted octanol–water partition coefficient (Wildman–Crippen LogP) is 1.39. The van der Waals surface area contributed by atoms with Crippen LogP contribution >= 0.6 is 0 Å². The second kappa shape index (κ2) is 4.72. The largest absolute Gasteiger partial charge is 0.459 e. The predicted molar refractivity (Wildman–Crippen MR) is 71.6 cm³/mol. The molecule has 2 unspecified atom stereocenters. The van der Waals surface area contributed by atoms with Gasteiger partial charge in [-0.25, -0.2) is 0 Å². The Labute approximate surface area is 119 Å². The fourth-order valence-electron chi connectivity index (χ4n) is 4.97. The van der Waals surface area contributed by atoms with Gasteiger partial charge in [-0.3, -0.25) is 9.59 Å². The lowest BCUT2D eigenvalue weighted by atomic mass is 9.69. The molecule has 2 bridgehead atoms. The van der Waals surface area contributed by atoms with Crippen molar-refractivity contribution in [1.82, 2.24) is 0 Å². The molecule has 0 aromatic rings. The smallest absolute Gasteiger partial charge is 0.303 e. The molecule has 0 saturated heterocycles. The molecular formula is C15H23NO4. The van der Waals surface area contributed by atoms with Gasteiger partial charge in [-0.05, 0) is 49.4 Å². The summed E-state index contributed by atoms with van der Waals surface area (Å²) in [5.41, 5.74) is 6.47. The van der Waals surface area contributed by atoms with E-state index in [4.69, 9.17) is 15.2 Å². The van der Waals surface area contributed by atoms with Crippen molar-refractivity contribution in [3.05, 3.63) is 0 Å². The van der Waals surface area contributed by atoms with Gasteiger partial charge in [0.1, 0.15) is 12.2 Å². The number of nitrogens with two attached hydrogens (primary N) is 1. The molecule has 0 heterocycles. The van der Waals surface area contributed by atoms with Gasteiger partial charge in [-0.2, -0.15) is 0 Å². The summed E-state index contributed by atoms with van der Waals surface area (Å²) in [6.07, 6.45) is 4.42. The first-order valence-electron chi connectivity index (χ1n) is 7.52. The Balaban J connectivity index is 1.81. The van der Waals surface area contributed by atoms with E-state index in [1.54, 1.807) is 0 Å². The second-order valence-corrected chi connectivity index (χ2v) is 6.73. The lowest BCUT2D eigenvalue weighted by Gasteiger charge is -2.39. The Morgan fingerprint density at radius 2 is 1.60 bits per heavy atom. The Morgan fingerprint density at radius 3 is 2.00 bits per heavy atom. The first kappa shape index (κ1) is 13.9. The van der Waals surface area contributed by atoms with Gasteiger partial charge >= 0.3 is 11.9 Å². The van der Waals surface area contributed by atoms with E-state index in [-0.39, 0.29) is 35.6 Å². The highest BCUT2D eigenvalue weighted by Gasteiger charge is 2.62. The minimum Gasteiger partial charge on any atom is -0.459 e. The minimum absolute atomic E-state index is 0.00313. The van der Waals surface area contributed by atoms with Crippen molar-refractivity contribution in [2.24, 2.45) is 23.0 Å². The van der Waals surface area contributed by atoms with E-state index in [1.165, 1.54) is 33.1 Å². The first-order valence-corrected chi connectivity index (χ1v) is 7.52. The number of fused-ring (bicyclic) bond motifs is 3. The zero-order valence-electron chi connectivity index (χ0n) is 12.1. The van der Waals surface area contributed by atoms with E-state index in [2.05, 4.69) is 0 Å². The molecule has 3 saturated carbocycles. The van der Waals surface area contributed by atoms with Crippen LogP contribution in [0.5, 0.6) is 0 Å². The molecule has 0 aromatic carbocycles. The van der Waals surface area contributed by atoms with Crippen molar-refractivity contribution >= 4 is 11.9 Å². The zero-order valence-corrected chi connectivity index (χ0v) is 12.1. The van der Waals surface area contributed by atoms with Crippen LogP contribution in [0.1, 0.15) is 46.0 Å². The molecule has 0 aromatic heterocycles. The van der Waals surface area contributed by atoms with Crippen molar-refractivity contribution < 1.29 is 19.1 Å². The Hall–Kier alpha value is -1.10. The maximum Gasteiger partial charge on any atom is 0.303 e. The summed E-state index contributed by atoms with van der Waals surface area (Å²) in [7, 11) is 0. The van der Waals surface area contributed by atoms with E-state index in [0.29, 0.717) is 11.8 Å². The number of carbonyl (C=O) groups excluding carboxylic acids is 2. The fourth-order valence-corrected chi connectivity index (χ4v) is 4.97. The molecule has 5 nitrogen and oxygen atoms in total. The van der Waals surface area contributed by atoms with E-state index >= 15 is 0 Å². The van der Waals surface area contributed by atoms with Gasteiger partial charge in [-0.1, -0.05) is 0 Å². The number of hydrogen-bond acceptors (Lipinski definition) is 5. The van der Waals surface area contributed by atoms with E-state index in [1.807, 2.05) is 0 Å². The average Bonchev–Trinajstić information content (AvgIpc) is 2.98.